The van der Waals surface area contributed by atoms with E-state index in [2.05, 4.69) is 34.8 Å². The van der Waals surface area contributed by atoms with E-state index in [1.807, 2.05) is 17.0 Å². The lowest BCUT2D eigenvalue weighted by Crippen LogP contribution is -2.55. The quantitative estimate of drug-likeness (QED) is 0.329. The van der Waals surface area contributed by atoms with Crippen LogP contribution < -0.4 is 10.9 Å². The third-order valence-electron chi connectivity index (χ3n) is 10.9. The molecule has 5 aliphatic rings. The van der Waals surface area contributed by atoms with Crippen molar-refractivity contribution in [1.82, 2.24) is 29.5 Å². The van der Waals surface area contributed by atoms with Gasteiger partial charge in [-0.2, -0.15) is 0 Å². The smallest absolute Gasteiger partial charge is 0.317 e. The molecule has 0 unspecified atom stereocenters. The maximum atomic E-state index is 13.8. The van der Waals surface area contributed by atoms with Crippen molar-refractivity contribution in [3.63, 3.8) is 0 Å². The van der Waals surface area contributed by atoms with Crippen LogP contribution in [0.2, 0.25) is 0 Å². The van der Waals surface area contributed by atoms with E-state index in [9.17, 15) is 19.2 Å². The Morgan fingerprint density at radius 3 is 2.39 bits per heavy atom. The predicted octanol–water partition coefficient (Wildman–Crippen LogP) is 2.79. The van der Waals surface area contributed by atoms with Gasteiger partial charge in [0.05, 0.1) is 17.7 Å². The Labute approximate surface area is 272 Å². The lowest BCUT2D eigenvalue weighted by atomic mass is 9.88. The Hall–Kier alpha value is -3.44. The maximum absolute atomic E-state index is 13.8. The summed E-state index contributed by atoms with van der Waals surface area (Å²) in [4.78, 5) is 61.1. The minimum atomic E-state index is -0.474. The van der Waals surface area contributed by atoms with Crippen molar-refractivity contribution < 1.29 is 19.1 Å². The Balaban J connectivity index is 0.996. The van der Waals surface area contributed by atoms with Crippen molar-refractivity contribution in [1.29, 1.82) is 0 Å². The Bertz CT molecular complexity index is 1390. The molecule has 2 aliphatic carbocycles. The highest BCUT2D eigenvalue weighted by molar-refractivity contribution is 5.84. The van der Waals surface area contributed by atoms with Crippen molar-refractivity contribution in [3.8, 4) is 0 Å². The van der Waals surface area contributed by atoms with E-state index in [0.29, 0.717) is 51.5 Å². The third kappa shape index (κ3) is 7.10. The van der Waals surface area contributed by atoms with Gasteiger partial charge >= 0.3 is 12.0 Å². The van der Waals surface area contributed by atoms with E-state index < -0.39 is 5.41 Å². The molecule has 250 valence electrons. The van der Waals surface area contributed by atoms with Gasteiger partial charge in [0.2, 0.25) is 5.91 Å². The number of pyridine rings is 1. The SMILES string of the molecule is C=CCC1(C(=O)OCn2c3c(cc(C4CCN(C(=O)NCC(=O)N5CCN(C6CCN(C)CC6)CC5)CC4)c2=O)CCC=C3)CC1. The van der Waals surface area contributed by atoms with Crippen LogP contribution in [0.3, 0.4) is 0 Å². The largest absolute Gasteiger partial charge is 0.443 e. The van der Waals surface area contributed by atoms with E-state index in [1.165, 1.54) is 12.8 Å². The van der Waals surface area contributed by atoms with Gasteiger partial charge in [0.25, 0.3) is 5.56 Å². The standard InChI is InChI=1S/C35H50N6O5/c1-3-12-35(13-14-35)33(44)46-25-41-30-7-5-4-6-27(30)23-29(32(41)43)26-8-17-40(18-9-26)34(45)36-24-31(42)39-21-19-38(20-22-39)28-10-15-37(2)16-11-28/h3,5,7,23,26,28H,1,4,6,8-22,24-25H2,2H3,(H,36,45). The number of carbonyl (C=O) groups excluding carboxylic acids is 3. The fraction of sp³-hybridized carbons (Fsp3) is 0.657. The Morgan fingerprint density at radius 1 is 1.00 bits per heavy atom. The zero-order chi connectivity index (χ0) is 32.3. The molecule has 4 fully saturated rings. The van der Waals surface area contributed by atoms with Crippen molar-refractivity contribution >= 4 is 24.0 Å². The number of ether oxygens (including phenoxy) is 1. The fourth-order valence-electron chi connectivity index (χ4n) is 7.67. The molecule has 1 aromatic heterocycles. The number of hydrogen-bond donors (Lipinski definition) is 1. The predicted molar refractivity (Wildman–Crippen MR) is 176 cm³/mol. The number of amides is 3. The molecule has 1 saturated carbocycles. The zero-order valence-electron chi connectivity index (χ0n) is 27.4. The Morgan fingerprint density at radius 2 is 1.72 bits per heavy atom. The fourth-order valence-corrected chi connectivity index (χ4v) is 7.67. The first-order valence-electron chi connectivity index (χ1n) is 17.2. The minimum Gasteiger partial charge on any atom is -0.443 e. The summed E-state index contributed by atoms with van der Waals surface area (Å²) in [5.41, 5.74) is 2.03. The molecule has 3 aliphatic heterocycles. The summed E-state index contributed by atoms with van der Waals surface area (Å²) in [5, 5.41) is 2.85. The second kappa shape index (κ2) is 14.1. The van der Waals surface area contributed by atoms with Crippen LogP contribution in [-0.4, -0.2) is 114 Å². The van der Waals surface area contributed by atoms with Gasteiger partial charge in [-0.05, 0) is 102 Å². The summed E-state index contributed by atoms with van der Waals surface area (Å²) in [6.07, 6.45) is 13.4. The highest BCUT2D eigenvalue weighted by Gasteiger charge is 2.50. The molecule has 11 heteroatoms. The molecular weight excluding hydrogens is 584 g/mol. The number of piperidine rings is 2. The lowest BCUT2D eigenvalue weighted by molar-refractivity contribution is -0.154. The molecule has 6 rings (SSSR count). The molecule has 1 aromatic rings. The third-order valence-corrected chi connectivity index (χ3v) is 10.9. The van der Waals surface area contributed by atoms with E-state index in [1.54, 1.807) is 15.5 Å². The molecule has 0 atom stereocenters. The second-order valence-electron chi connectivity index (χ2n) is 13.9. The summed E-state index contributed by atoms with van der Waals surface area (Å²) in [6.45, 7) is 10.1. The number of urea groups is 1. The van der Waals surface area contributed by atoms with Crippen LogP contribution in [0.4, 0.5) is 4.79 Å². The van der Waals surface area contributed by atoms with Crippen LogP contribution in [0, 0.1) is 5.41 Å². The van der Waals surface area contributed by atoms with Crippen molar-refractivity contribution in [2.75, 3.05) is 66.0 Å². The van der Waals surface area contributed by atoms with Crippen LogP contribution in [0.1, 0.15) is 74.1 Å². The molecule has 1 N–H and O–H groups in total. The minimum absolute atomic E-state index is 0.00282. The van der Waals surface area contributed by atoms with E-state index in [4.69, 9.17) is 4.74 Å². The number of carbonyl (C=O) groups is 3. The second-order valence-corrected chi connectivity index (χ2v) is 13.9. The first-order chi connectivity index (χ1) is 22.3. The molecule has 11 nitrogen and oxygen atoms in total. The molecule has 0 aromatic carbocycles. The average Bonchev–Trinajstić information content (AvgIpc) is 3.88. The highest BCUT2D eigenvalue weighted by Crippen LogP contribution is 2.50. The topological polar surface area (TPSA) is 107 Å². The number of likely N-dealkylation sites (tertiary alicyclic amines) is 2. The van der Waals surface area contributed by atoms with Gasteiger partial charge in [0.1, 0.15) is 0 Å². The molecule has 0 spiro atoms. The molecule has 0 radical (unpaired) electrons. The molecule has 4 heterocycles. The van der Waals surface area contributed by atoms with Crippen molar-refractivity contribution in [2.24, 2.45) is 5.41 Å². The summed E-state index contributed by atoms with van der Waals surface area (Å²) in [6, 6.07) is 2.41. The number of piperazine rings is 1. The van der Waals surface area contributed by atoms with Gasteiger partial charge < -0.3 is 24.8 Å². The number of fused-ring (bicyclic) bond motifs is 1. The van der Waals surface area contributed by atoms with Crippen LogP contribution in [0.25, 0.3) is 6.08 Å². The molecular formula is C35H50N6O5. The maximum Gasteiger partial charge on any atom is 0.317 e. The van der Waals surface area contributed by atoms with E-state index in [0.717, 1.165) is 68.7 Å². The normalized spacial score (nSPS) is 22.3. The van der Waals surface area contributed by atoms with Crippen LogP contribution in [0.5, 0.6) is 0 Å². The van der Waals surface area contributed by atoms with Crippen LogP contribution >= 0.6 is 0 Å². The highest BCUT2D eigenvalue weighted by atomic mass is 16.5. The van der Waals surface area contributed by atoms with Gasteiger partial charge in [-0.3, -0.25) is 23.9 Å². The lowest BCUT2D eigenvalue weighted by Gasteiger charge is -2.42. The summed E-state index contributed by atoms with van der Waals surface area (Å²) in [5.74, 6) is -0.286. The number of hydrogen-bond acceptors (Lipinski definition) is 7. The monoisotopic (exact) mass is 634 g/mol. The Kier molecular flexibility index (Phi) is 9.98. The van der Waals surface area contributed by atoms with Gasteiger partial charge in [-0.25, -0.2) is 4.79 Å². The number of esters is 1. The van der Waals surface area contributed by atoms with Gasteiger partial charge in [0.15, 0.2) is 6.73 Å². The summed E-state index contributed by atoms with van der Waals surface area (Å²) >= 11 is 0. The summed E-state index contributed by atoms with van der Waals surface area (Å²) in [7, 11) is 2.17. The summed E-state index contributed by atoms with van der Waals surface area (Å²) < 4.78 is 7.33. The molecule has 46 heavy (non-hydrogen) atoms. The number of nitrogens with zero attached hydrogens (tertiary/aromatic N) is 5. The number of aryl methyl sites for hydroxylation is 1. The van der Waals surface area contributed by atoms with Crippen molar-refractivity contribution in [2.45, 2.75) is 76.5 Å². The van der Waals surface area contributed by atoms with E-state index in [-0.39, 0.29) is 42.7 Å². The first-order valence-corrected chi connectivity index (χ1v) is 17.2. The van der Waals surface area contributed by atoms with Gasteiger partial charge in [-0.1, -0.05) is 12.2 Å². The number of aromatic nitrogens is 1. The average molecular weight is 635 g/mol. The first kappa shape index (κ1) is 32.5. The number of rotatable bonds is 9. The van der Waals surface area contributed by atoms with Crippen molar-refractivity contribution in [3.05, 3.63) is 52.0 Å². The molecule has 3 amide bonds. The number of nitrogens with one attached hydrogen (secondary N) is 1. The van der Waals surface area contributed by atoms with Gasteiger partial charge in [-0.15, -0.1) is 6.58 Å². The number of allylic oxidation sites excluding steroid dienone is 2. The zero-order valence-corrected chi connectivity index (χ0v) is 27.4. The van der Waals surface area contributed by atoms with Crippen LogP contribution in [-0.2, 0) is 27.5 Å². The van der Waals surface area contributed by atoms with Gasteiger partial charge in [0, 0.05) is 50.9 Å². The molecule has 0 bridgehead atoms. The van der Waals surface area contributed by atoms with Crippen LogP contribution in [0.15, 0.2) is 29.6 Å². The molecule has 3 saturated heterocycles. The van der Waals surface area contributed by atoms with E-state index >= 15 is 0 Å².